The maximum atomic E-state index is 12.6. The van der Waals surface area contributed by atoms with Gasteiger partial charge in [-0.3, -0.25) is 14.2 Å². The molecule has 0 bridgehead atoms. The summed E-state index contributed by atoms with van der Waals surface area (Å²) in [4.78, 5) is 31.5. The molecule has 2 aromatic carbocycles. The number of hydrogen-bond donors (Lipinski definition) is 1. The molecule has 1 amide bonds. The molecule has 3 aromatic rings. The van der Waals surface area contributed by atoms with E-state index in [0.717, 1.165) is 11.1 Å². The number of benzene rings is 2. The fraction of sp³-hybridized carbons (Fsp3) is 0.227. The van der Waals surface area contributed by atoms with Gasteiger partial charge in [0.1, 0.15) is 6.54 Å². The second-order valence-corrected chi connectivity index (χ2v) is 7.24. The monoisotopic (exact) mass is 410 g/mol. The van der Waals surface area contributed by atoms with Crippen LogP contribution in [-0.4, -0.2) is 22.5 Å². The Morgan fingerprint density at radius 2 is 1.83 bits per heavy atom. The molecule has 1 N–H and O–H groups in total. The lowest BCUT2D eigenvalue weighted by Gasteiger charge is -2.22. The van der Waals surface area contributed by atoms with E-state index in [1.54, 1.807) is 13.0 Å². The Hall–Kier alpha value is -3.12. The van der Waals surface area contributed by atoms with Gasteiger partial charge in [-0.15, -0.1) is 0 Å². The van der Waals surface area contributed by atoms with Crippen molar-refractivity contribution in [3.05, 3.63) is 92.9 Å². The summed E-state index contributed by atoms with van der Waals surface area (Å²) in [6.45, 7) is 2.51. The lowest BCUT2D eigenvalue weighted by atomic mass is 10.2. The fourth-order valence-corrected chi connectivity index (χ4v) is 3.21. The minimum Gasteiger partial charge on any atom is -0.350 e. The third kappa shape index (κ3) is 5.45. The molecule has 0 saturated carbocycles. The number of amides is 1. The molecular weight excluding hydrogens is 388 g/mol. The fourth-order valence-electron chi connectivity index (χ4n) is 3.01. The predicted octanol–water partition coefficient (Wildman–Crippen LogP) is 3.16. The molecule has 0 unspecified atom stereocenters. The van der Waals surface area contributed by atoms with E-state index in [1.807, 2.05) is 60.5 Å². The van der Waals surface area contributed by atoms with Gasteiger partial charge < -0.3 is 10.2 Å². The normalized spacial score (nSPS) is 10.6. The van der Waals surface area contributed by atoms with Crippen LogP contribution in [0.1, 0.15) is 16.8 Å². The van der Waals surface area contributed by atoms with E-state index in [2.05, 4.69) is 10.3 Å². The Balaban J connectivity index is 1.76. The Morgan fingerprint density at radius 1 is 1.14 bits per heavy atom. The highest BCUT2D eigenvalue weighted by atomic mass is 35.5. The van der Waals surface area contributed by atoms with Crippen LogP contribution in [0.25, 0.3) is 0 Å². The van der Waals surface area contributed by atoms with Crippen molar-refractivity contribution in [1.82, 2.24) is 14.9 Å². The number of halogens is 1. The maximum Gasteiger partial charge on any atom is 0.255 e. The van der Waals surface area contributed by atoms with E-state index >= 15 is 0 Å². The SMILES string of the molecule is Cc1cc(=O)n(CC(=O)NCc2ccccc2Cl)c(N(C)Cc2ccccc2)n1. The first kappa shape index (κ1) is 20.6. The van der Waals surface area contributed by atoms with Crippen molar-refractivity contribution in [3.8, 4) is 0 Å². The van der Waals surface area contributed by atoms with Gasteiger partial charge in [-0.1, -0.05) is 60.1 Å². The van der Waals surface area contributed by atoms with Gasteiger partial charge >= 0.3 is 0 Å². The van der Waals surface area contributed by atoms with Crippen LogP contribution in [0.15, 0.2) is 65.5 Å². The molecule has 0 aliphatic carbocycles. The number of hydrogen-bond acceptors (Lipinski definition) is 4. The van der Waals surface area contributed by atoms with Crippen molar-refractivity contribution in [2.75, 3.05) is 11.9 Å². The molecule has 3 rings (SSSR count). The van der Waals surface area contributed by atoms with Gasteiger partial charge in [0.2, 0.25) is 11.9 Å². The standard InChI is InChI=1S/C22H23ClN4O2/c1-16-12-21(29)27(15-20(28)24-13-18-10-6-7-11-19(18)23)22(25-16)26(2)14-17-8-4-3-5-9-17/h3-12H,13-15H2,1-2H3,(H,24,28). The Morgan fingerprint density at radius 3 is 2.55 bits per heavy atom. The van der Waals surface area contributed by atoms with E-state index in [-0.39, 0.29) is 18.0 Å². The summed E-state index contributed by atoms with van der Waals surface area (Å²) in [7, 11) is 1.85. The Bertz CT molecular complexity index is 1050. The number of nitrogens with one attached hydrogen (secondary N) is 1. The summed E-state index contributed by atoms with van der Waals surface area (Å²) < 4.78 is 1.39. The topological polar surface area (TPSA) is 67.2 Å². The highest BCUT2D eigenvalue weighted by Gasteiger charge is 2.15. The van der Waals surface area contributed by atoms with Gasteiger partial charge in [-0.05, 0) is 24.1 Å². The van der Waals surface area contributed by atoms with Gasteiger partial charge in [0.05, 0.1) is 0 Å². The van der Waals surface area contributed by atoms with E-state index in [1.165, 1.54) is 10.6 Å². The van der Waals surface area contributed by atoms with Crippen molar-refractivity contribution >= 4 is 23.5 Å². The smallest absolute Gasteiger partial charge is 0.255 e. The van der Waals surface area contributed by atoms with Crippen LogP contribution in [0.4, 0.5) is 5.95 Å². The van der Waals surface area contributed by atoms with Crippen molar-refractivity contribution in [3.63, 3.8) is 0 Å². The molecular formula is C22H23ClN4O2. The van der Waals surface area contributed by atoms with Gasteiger partial charge in [0, 0.05) is 36.9 Å². The van der Waals surface area contributed by atoms with Crippen LogP contribution in [0.2, 0.25) is 5.02 Å². The van der Waals surface area contributed by atoms with Crippen LogP contribution in [-0.2, 0) is 24.4 Å². The summed E-state index contributed by atoms with van der Waals surface area (Å²) in [5.41, 5.74) is 2.25. The molecule has 1 heterocycles. The zero-order valence-corrected chi connectivity index (χ0v) is 17.2. The van der Waals surface area contributed by atoms with Gasteiger partial charge in [0.25, 0.3) is 5.56 Å². The summed E-state index contributed by atoms with van der Waals surface area (Å²) in [5.74, 6) is 0.166. The number of nitrogens with zero attached hydrogens (tertiary/aromatic N) is 3. The molecule has 0 aliphatic heterocycles. The first-order valence-corrected chi connectivity index (χ1v) is 9.65. The van der Waals surface area contributed by atoms with Crippen molar-refractivity contribution in [2.45, 2.75) is 26.6 Å². The average molecular weight is 411 g/mol. The van der Waals surface area contributed by atoms with Gasteiger partial charge in [-0.2, -0.15) is 0 Å². The largest absolute Gasteiger partial charge is 0.350 e. The van der Waals surface area contributed by atoms with Crippen molar-refractivity contribution < 1.29 is 4.79 Å². The number of aryl methyl sites for hydroxylation is 1. The zero-order valence-electron chi connectivity index (χ0n) is 16.4. The summed E-state index contributed by atoms with van der Waals surface area (Å²) in [6, 6.07) is 18.6. The van der Waals surface area contributed by atoms with Crippen molar-refractivity contribution in [1.29, 1.82) is 0 Å². The molecule has 150 valence electrons. The quantitative estimate of drug-likeness (QED) is 0.649. The number of anilines is 1. The second kappa shape index (κ2) is 9.39. The van der Waals surface area contributed by atoms with E-state index < -0.39 is 0 Å². The second-order valence-electron chi connectivity index (χ2n) is 6.83. The molecule has 0 fully saturated rings. The molecule has 0 atom stereocenters. The third-order valence-corrected chi connectivity index (χ3v) is 4.82. The Labute approximate surface area is 174 Å². The minimum absolute atomic E-state index is 0.120. The molecule has 0 spiro atoms. The predicted molar refractivity (Wildman–Crippen MR) is 115 cm³/mol. The average Bonchev–Trinajstić information content (AvgIpc) is 2.70. The number of carbonyl (C=O) groups excluding carboxylic acids is 1. The molecule has 0 saturated heterocycles. The van der Waals surface area contributed by atoms with Crippen molar-refractivity contribution in [2.24, 2.45) is 0 Å². The minimum atomic E-state index is -0.285. The lowest BCUT2D eigenvalue weighted by Crippen LogP contribution is -2.36. The molecule has 6 nitrogen and oxygen atoms in total. The highest BCUT2D eigenvalue weighted by molar-refractivity contribution is 6.31. The highest BCUT2D eigenvalue weighted by Crippen LogP contribution is 2.15. The molecule has 7 heteroatoms. The van der Waals surface area contributed by atoms with E-state index in [4.69, 9.17) is 11.6 Å². The summed E-state index contributed by atoms with van der Waals surface area (Å²) in [5, 5.41) is 3.40. The summed E-state index contributed by atoms with van der Waals surface area (Å²) >= 11 is 6.13. The number of rotatable bonds is 7. The van der Waals surface area contributed by atoms with Crippen LogP contribution >= 0.6 is 11.6 Å². The number of aromatic nitrogens is 2. The molecule has 1 aromatic heterocycles. The van der Waals surface area contributed by atoms with Gasteiger partial charge in [-0.25, -0.2) is 4.98 Å². The van der Waals surface area contributed by atoms with Crippen LogP contribution in [0.3, 0.4) is 0 Å². The lowest BCUT2D eigenvalue weighted by molar-refractivity contribution is -0.121. The molecule has 0 radical (unpaired) electrons. The number of carbonyl (C=O) groups is 1. The Kier molecular flexibility index (Phi) is 6.67. The third-order valence-electron chi connectivity index (χ3n) is 4.46. The van der Waals surface area contributed by atoms with E-state index in [9.17, 15) is 9.59 Å². The van der Waals surface area contributed by atoms with Crippen LogP contribution in [0.5, 0.6) is 0 Å². The molecule has 29 heavy (non-hydrogen) atoms. The maximum absolute atomic E-state index is 12.6. The summed E-state index contributed by atoms with van der Waals surface area (Å²) in [6.07, 6.45) is 0. The van der Waals surface area contributed by atoms with Crippen LogP contribution in [0, 0.1) is 6.92 Å². The van der Waals surface area contributed by atoms with Crippen LogP contribution < -0.4 is 15.8 Å². The first-order valence-electron chi connectivity index (χ1n) is 9.27. The first-order chi connectivity index (χ1) is 13.9. The molecule has 0 aliphatic rings. The van der Waals surface area contributed by atoms with E-state index in [0.29, 0.717) is 29.8 Å². The van der Waals surface area contributed by atoms with Gasteiger partial charge in [0.15, 0.2) is 0 Å². The zero-order chi connectivity index (χ0) is 20.8.